The maximum absolute atomic E-state index is 12.6. The van der Waals surface area contributed by atoms with Crippen molar-refractivity contribution in [3.05, 3.63) is 53.1 Å². The molecule has 0 fully saturated rings. The van der Waals surface area contributed by atoms with Gasteiger partial charge in [0.05, 0.1) is 47.0 Å². The summed E-state index contributed by atoms with van der Waals surface area (Å²) in [5.41, 5.74) is 4.73. The molecule has 0 bridgehead atoms. The van der Waals surface area contributed by atoms with E-state index in [0.717, 1.165) is 29.0 Å². The number of hydrogen-bond acceptors (Lipinski definition) is 9. The highest BCUT2D eigenvalue weighted by molar-refractivity contribution is 7.14. The van der Waals surface area contributed by atoms with Gasteiger partial charge in [-0.25, -0.2) is 4.98 Å². The smallest absolute Gasteiger partial charge is 0.261 e. The highest BCUT2D eigenvalue weighted by Crippen LogP contribution is 2.31. The van der Waals surface area contributed by atoms with Crippen LogP contribution in [-0.2, 0) is 4.79 Å². The summed E-state index contributed by atoms with van der Waals surface area (Å²) in [6.07, 6.45) is 5.68. The van der Waals surface area contributed by atoms with E-state index in [2.05, 4.69) is 32.7 Å². The second kappa shape index (κ2) is 10.9. The van der Waals surface area contributed by atoms with E-state index in [1.807, 2.05) is 11.4 Å². The zero-order chi connectivity index (χ0) is 23.9. The Morgan fingerprint density at radius 2 is 1.94 bits per heavy atom. The van der Waals surface area contributed by atoms with E-state index in [9.17, 15) is 9.59 Å². The van der Waals surface area contributed by atoms with Crippen LogP contribution in [0.15, 0.2) is 47.5 Å². The molecule has 9 nitrogen and oxygen atoms in total. The number of hydrogen-bond donors (Lipinski definition) is 2. The zero-order valence-corrected chi connectivity index (χ0v) is 20.2. The normalized spacial score (nSPS) is 10.6. The minimum Gasteiger partial charge on any atom is -0.496 e. The van der Waals surface area contributed by atoms with Gasteiger partial charge in [-0.2, -0.15) is 0 Å². The number of unbranched alkanes of at least 4 members (excludes halogenated alkanes) is 1. The summed E-state index contributed by atoms with van der Waals surface area (Å²) in [6, 6.07) is 7.10. The third kappa shape index (κ3) is 5.61. The molecule has 0 aliphatic heterocycles. The lowest BCUT2D eigenvalue weighted by Crippen LogP contribution is -2.13. The van der Waals surface area contributed by atoms with Crippen LogP contribution < -0.4 is 15.4 Å². The Labute approximate surface area is 204 Å². The minimum atomic E-state index is -0.341. The van der Waals surface area contributed by atoms with Gasteiger partial charge in [0, 0.05) is 17.4 Å². The predicted octanol–water partition coefficient (Wildman–Crippen LogP) is 5.11. The minimum absolute atomic E-state index is 0.00776. The lowest BCUT2D eigenvalue weighted by molar-refractivity contribution is -0.116. The summed E-state index contributed by atoms with van der Waals surface area (Å²) in [6.45, 7) is 2.06. The molecule has 34 heavy (non-hydrogen) atoms. The van der Waals surface area contributed by atoms with Crippen LogP contribution in [0.5, 0.6) is 5.75 Å². The van der Waals surface area contributed by atoms with E-state index in [1.165, 1.54) is 29.8 Å². The maximum atomic E-state index is 12.6. The molecule has 0 atom stereocenters. The van der Waals surface area contributed by atoms with Gasteiger partial charge in [-0.1, -0.05) is 30.7 Å². The molecule has 0 spiro atoms. The van der Waals surface area contributed by atoms with Crippen molar-refractivity contribution in [2.75, 3.05) is 17.7 Å². The number of carbonyl (C=O) groups is 2. The molecule has 2 N–H and O–H groups in total. The molecule has 0 aliphatic rings. The molecule has 174 valence electrons. The molecule has 3 aromatic heterocycles. The third-order valence-corrected chi connectivity index (χ3v) is 6.41. The average molecular weight is 495 g/mol. The Morgan fingerprint density at radius 1 is 1.09 bits per heavy atom. The summed E-state index contributed by atoms with van der Waals surface area (Å²) in [4.78, 5) is 34.6. The number of thiophene rings is 1. The van der Waals surface area contributed by atoms with Crippen LogP contribution in [0.4, 0.5) is 10.8 Å². The quantitative estimate of drug-likeness (QED) is 0.332. The van der Waals surface area contributed by atoms with Crippen molar-refractivity contribution in [2.45, 2.75) is 26.2 Å². The molecule has 0 unspecified atom stereocenters. The van der Waals surface area contributed by atoms with E-state index < -0.39 is 0 Å². The summed E-state index contributed by atoms with van der Waals surface area (Å²) >= 11 is 2.71. The van der Waals surface area contributed by atoms with Crippen LogP contribution in [0.25, 0.3) is 21.8 Å². The molecule has 0 radical (unpaired) electrons. The van der Waals surface area contributed by atoms with Gasteiger partial charge in [0.1, 0.15) is 11.3 Å². The Morgan fingerprint density at radius 3 is 2.71 bits per heavy atom. The lowest BCUT2D eigenvalue weighted by Gasteiger charge is -2.10. The molecular formula is C23H22N6O3S2. The second-order valence-electron chi connectivity index (χ2n) is 7.25. The summed E-state index contributed by atoms with van der Waals surface area (Å²) in [5, 5.41) is 15.5. The lowest BCUT2D eigenvalue weighted by atomic mass is 10.1. The molecule has 0 aliphatic carbocycles. The Hall–Kier alpha value is -3.70. The predicted molar refractivity (Wildman–Crippen MR) is 133 cm³/mol. The van der Waals surface area contributed by atoms with Crippen LogP contribution >= 0.6 is 22.7 Å². The molecule has 0 saturated heterocycles. The molecule has 3 heterocycles. The summed E-state index contributed by atoms with van der Waals surface area (Å²) < 4.78 is 5.45. The fourth-order valence-corrected chi connectivity index (χ4v) is 4.39. The number of carbonyl (C=O) groups excluding carboxylic acids is 2. The number of aromatic nitrogens is 4. The van der Waals surface area contributed by atoms with Gasteiger partial charge in [0.25, 0.3) is 5.91 Å². The number of rotatable bonds is 9. The number of methoxy groups -OCH3 is 1. The van der Waals surface area contributed by atoms with E-state index in [4.69, 9.17) is 9.72 Å². The van der Waals surface area contributed by atoms with Crippen LogP contribution in [0.1, 0.15) is 36.5 Å². The van der Waals surface area contributed by atoms with Gasteiger partial charge < -0.3 is 10.1 Å². The van der Waals surface area contributed by atoms with Crippen molar-refractivity contribution in [3.8, 4) is 27.6 Å². The van der Waals surface area contributed by atoms with Gasteiger partial charge in [-0.3, -0.25) is 19.9 Å². The molecule has 2 amide bonds. The molecular weight excluding hydrogens is 472 g/mol. The highest BCUT2D eigenvalue weighted by atomic mass is 32.1. The molecule has 11 heteroatoms. The van der Waals surface area contributed by atoms with Gasteiger partial charge in [-0.05, 0) is 24.6 Å². The van der Waals surface area contributed by atoms with E-state index in [0.29, 0.717) is 34.3 Å². The number of nitrogens with one attached hydrogen (secondary N) is 2. The van der Waals surface area contributed by atoms with Crippen molar-refractivity contribution >= 4 is 45.3 Å². The number of benzene rings is 1. The zero-order valence-electron chi connectivity index (χ0n) is 18.6. The van der Waals surface area contributed by atoms with Crippen LogP contribution in [0, 0.1) is 0 Å². The monoisotopic (exact) mass is 494 g/mol. The largest absolute Gasteiger partial charge is 0.496 e. The number of ether oxygens (including phenoxy) is 1. The topological polar surface area (TPSA) is 119 Å². The summed E-state index contributed by atoms with van der Waals surface area (Å²) in [5.74, 6) is 0.0698. The van der Waals surface area contributed by atoms with Crippen molar-refractivity contribution in [3.63, 3.8) is 0 Å². The van der Waals surface area contributed by atoms with Gasteiger partial charge in [0.15, 0.2) is 0 Å². The SMILES string of the molecule is CCCCC(=O)Nc1csc(-c2cncc(-c3ccc(C(=O)Nc4nncs4)c(OC)c3)n2)c1. The fourth-order valence-electron chi connectivity index (χ4n) is 3.15. The van der Waals surface area contributed by atoms with Crippen molar-refractivity contribution in [1.29, 1.82) is 0 Å². The van der Waals surface area contributed by atoms with E-state index in [1.54, 1.807) is 36.1 Å². The second-order valence-corrected chi connectivity index (χ2v) is 9.00. The fraction of sp³-hybridized carbons (Fsp3) is 0.217. The van der Waals surface area contributed by atoms with E-state index >= 15 is 0 Å². The Bertz CT molecular complexity index is 1290. The third-order valence-electron chi connectivity index (χ3n) is 4.85. The first-order valence-electron chi connectivity index (χ1n) is 10.5. The number of amides is 2. The van der Waals surface area contributed by atoms with Crippen molar-refractivity contribution in [1.82, 2.24) is 20.2 Å². The maximum Gasteiger partial charge on any atom is 0.261 e. The Kier molecular flexibility index (Phi) is 7.55. The first-order valence-corrected chi connectivity index (χ1v) is 12.3. The summed E-state index contributed by atoms with van der Waals surface area (Å²) in [7, 11) is 1.50. The van der Waals surface area contributed by atoms with Crippen molar-refractivity contribution < 1.29 is 14.3 Å². The first-order chi connectivity index (χ1) is 16.6. The van der Waals surface area contributed by atoms with E-state index in [-0.39, 0.29) is 11.8 Å². The van der Waals surface area contributed by atoms with Gasteiger partial charge >= 0.3 is 0 Å². The first kappa shape index (κ1) is 23.5. The van der Waals surface area contributed by atoms with Crippen LogP contribution in [-0.4, -0.2) is 39.1 Å². The van der Waals surface area contributed by atoms with Crippen molar-refractivity contribution in [2.24, 2.45) is 0 Å². The standard InChI is InChI=1S/C23H22N6O3S2/c1-3-4-5-21(30)26-15-9-20(33-12-15)18-11-24-10-17(27-18)14-6-7-16(19(8-14)32-2)22(31)28-23-29-25-13-34-23/h6-13H,3-5H2,1-2H3,(H,26,30)(H,28,29,31). The van der Waals surface area contributed by atoms with Crippen LogP contribution in [0.3, 0.4) is 0 Å². The number of nitrogens with zero attached hydrogens (tertiary/aromatic N) is 4. The van der Waals surface area contributed by atoms with Crippen LogP contribution in [0.2, 0.25) is 0 Å². The number of anilines is 2. The van der Waals surface area contributed by atoms with Gasteiger partial charge in [0.2, 0.25) is 11.0 Å². The Balaban J connectivity index is 1.53. The molecule has 4 rings (SSSR count). The van der Waals surface area contributed by atoms with Gasteiger partial charge in [-0.15, -0.1) is 21.5 Å². The average Bonchev–Trinajstić information content (AvgIpc) is 3.54. The highest BCUT2D eigenvalue weighted by Gasteiger charge is 2.16. The molecule has 1 aromatic carbocycles. The molecule has 0 saturated carbocycles. The molecule has 4 aromatic rings.